The van der Waals surface area contributed by atoms with E-state index in [1.165, 1.54) is 0 Å². The second-order valence-electron chi connectivity index (χ2n) is 0.432. The third-order valence-corrected chi connectivity index (χ3v) is 0.0943. The van der Waals surface area contributed by atoms with Gasteiger partial charge in [0.05, 0.1) is 0 Å². The van der Waals surface area contributed by atoms with Crippen molar-refractivity contribution in [1.82, 2.24) is 0 Å². The molecule has 0 aromatic heterocycles. The molecule has 0 saturated carbocycles. The van der Waals surface area contributed by atoms with Gasteiger partial charge in [0, 0.05) is 0 Å². The fraction of sp³-hybridized carbons (Fsp3) is 1.00. The Hall–Kier alpha value is 0.270. The van der Waals surface area contributed by atoms with Crippen LogP contribution in [0.5, 0.6) is 0 Å². The Labute approximate surface area is 37.9 Å². The Kier molecular flexibility index (Phi) is 8.39. The smallest absolute Gasteiger partial charge is 0.296 e. The topological polar surface area (TPSA) is 69.9 Å². The van der Waals surface area contributed by atoms with Crippen molar-refractivity contribution in [3.63, 3.8) is 0 Å². The number of rotatable bonds is 1. The van der Waals surface area contributed by atoms with Crippen molar-refractivity contribution in [1.29, 1.82) is 0 Å². The van der Waals surface area contributed by atoms with Crippen LogP contribution in [0.1, 0.15) is 0 Å². The molecule has 0 aromatic rings. The summed E-state index contributed by atoms with van der Waals surface area (Å²) in [6, 6.07) is 0. The Morgan fingerprint density at radius 2 is 1.50 bits per heavy atom. The van der Waals surface area contributed by atoms with Crippen LogP contribution in [0.3, 0.4) is 0 Å². The van der Waals surface area contributed by atoms with Gasteiger partial charge in [0.25, 0.3) is 6.48 Å². The summed E-state index contributed by atoms with van der Waals surface area (Å²) in [6.07, 6.45) is 0. The van der Waals surface area contributed by atoms with Crippen LogP contribution < -0.4 is 0 Å². The van der Waals surface area contributed by atoms with Gasteiger partial charge in [0.1, 0.15) is 0 Å². The fourth-order valence-corrected chi connectivity index (χ4v) is 0. The number of hydrogen-bond acceptors (Lipinski definition) is 4. The summed E-state index contributed by atoms with van der Waals surface area (Å²) < 4.78 is 0. The maximum absolute atomic E-state index is 7.44. The van der Waals surface area contributed by atoms with E-state index in [0.29, 0.717) is 0 Å². The van der Waals surface area contributed by atoms with Crippen LogP contribution in [0.4, 0.5) is 0 Å². The molecule has 40 valence electrons. The van der Waals surface area contributed by atoms with Gasteiger partial charge in [-0.25, -0.2) is 5.26 Å². The molecule has 0 saturated heterocycles. The summed E-state index contributed by atoms with van der Waals surface area (Å²) in [5.41, 5.74) is 0. The molecule has 0 amide bonds. The highest BCUT2D eigenvalue weighted by molar-refractivity contribution is 6.92. The van der Waals surface area contributed by atoms with Gasteiger partial charge < -0.3 is 10.2 Å². The normalized spacial score (nSPS) is 8.00. The van der Waals surface area contributed by atoms with E-state index in [0.717, 1.165) is 0 Å². The lowest BCUT2D eigenvalue weighted by Gasteiger charge is -1.89. The molecule has 0 aromatic carbocycles. The van der Waals surface area contributed by atoms with E-state index in [4.69, 9.17) is 15.5 Å². The van der Waals surface area contributed by atoms with Crippen LogP contribution in [0.2, 0.25) is 0 Å². The molecule has 0 aliphatic heterocycles. The first kappa shape index (κ1) is 9.55. The molecule has 0 aliphatic carbocycles. The highest BCUT2D eigenvalue weighted by atomic mass is 31.0. The molecular weight excluding hydrogens is 107 g/mol. The van der Waals surface area contributed by atoms with Crippen molar-refractivity contribution in [2.24, 2.45) is 0 Å². The van der Waals surface area contributed by atoms with Crippen molar-refractivity contribution in [3.8, 4) is 0 Å². The number of hydrogen-bond donors (Lipinski definition) is 3. The average Bonchev–Trinajstić information content (AvgIpc) is 1.38. The Morgan fingerprint density at radius 1 is 1.33 bits per heavy atom. The Morgan fingerprint density at radius 3 is 1.50 bits per heavy atom. The van der Waals surface area contributed by atoms with Gasteiger partial charge in [0.2, 0.25) is 0 Å². The molecule has 4 nitrogen and oxygen atoms in total. The van der Waals surface area contributed by atoms with Gasteiger partial charge in [-0.2, -0.15) is 14.8 Å². The molecule has 0 fully saturated rings. The SMILES string of the molecule is OOC(O)O.P. The summed E-state index contributed by atoms with van der Waals surface area (Å²) in [5, 5.41) is 22.0. The van der Waals surface area contributed by atoms with Gasteiger partial charge >= 0.3 is 0 Å². The zero-order chi connectivity index (χ0) is 4.28. The molecule has 3 N–H and O–H groups in total. The van der Waals surface area contributed by atoms with Crippen molar-refractivity contribution in [2.75, 3.05) is 0 Å². The molecular formula is CH7O4P. The van der Waals surface area contributed by atoms with Gasteiger partial charge in [0.15, 0.2) is 0 Å². The first-order valence-corrected chi connectivity index (χ1v) is 0.935. The predicted molar refractivity (Wildman–Crippen MR) is 23.0 cm³/mol. The molecule has 5 heteroatoms. The quantitative estimate of drug-likeness (QED) is 0.173. The van der Waals surface area contributed by atoms with E-state index in [1.54, 1.807) is 0 Å². The third kappa shape index (κ3) is 8.86. The van der Waals surface area contributed by atoms with Crippen molar-refractivity contribution in [2.45, 2.75) is 6.48 Å². The lowest BCUT2D eigenvalue weighted by Crippen LogP contribution is -2.05. The van der Waals surface area contributed by atoms with Gasteiger partial charge in [-0.05, 0) is 0 Å². The van der Waals surface area contributed by atoms with E-state index < -0.39 is 6.48 Å². The molecule has 0 rings (SSSR count). The summed E-state index contributed by atoms with van der Waals surface area (Å²) in [5.74, 6) is 0. The van der Waals surface area contributed by atoms with Gasteiger partial charge in [-0.3, -0.25) is 0 Å². The number of aliphatic hydroxyl groups is 2. The Balaban J connectivity index is 0. The number of aliphatic hydroxyl groups excluding tert-OH is 1. The van der Waals surface area contributed by atoms with E-state index in [2.05, 4.69) is 4.89 Å². The molecule has 0 radical (unpaired) electrons. The highest BCUT2D eigenvalue weighted by Gasteiger charge is 1.85. The summed E-state index contributed by atoms with van der Waals surface area (Å²) >= 11 is 0. The van der Waals surface area contributed by atoms with Crippen LogP contribution in [0, 0.1) is 0 Å². The molecule has 6 heavy (non-hydrogen) atoms. The molecule has 0 aliphatic rings. The second-order valence-corrected chi connectivity index (χ2v) is 0.432. The second kappa shape index (κ2) is 5.27. The van der Waals surface area contributed by atoms with Crippen LogP contribution in [0.25, 0.3) is 0 Å². The first-order chi connectivity index (χ1) is 2.27. The minimum Gasteiger partial charge on any atom is -0.344 e. The zero-order valence-electron chi connectivity index (χ0n) is 3.03. The molecule has 0 bridgehead atoms. The van der Waals surface area contributed by atoms with Crippen molar-refractivity contribution < 1.29 is 20.4 Å². The van der Waals surface area contributed by atoms with Crippen LogP contribution in [-0.2, 0) is 4.89 Å². The lowest BCUT2D eigenvalue weighted by molar-refractivity contribution is -0.399. The van der Waals surface area contributed by atoms with Crippen molar-refractivity contribution >= 4 is 9.90 Å². The van der Waals surface area contributed by atoms with E-state index in [-0.39, 0.29) is 9.90 Å². The predicted octanol–water partition coefficient (Wildman–Crippen LogP) is -1.20. The third-order valence-electron chi connectivity index (χ3n) is 0.0943. The van der Waals surface area contributed by atoms with E-state index >= 15 is 0 Å². The zero-order valence-corrected chi connectivity index (χ0v) is 4.45. The highest BCUT2D eigenvalue weighted by Crippen LogP contribution is 1.65. The molecule has 0 spiro atoms. The largest absolute Gasteiger partial charge is 0.344 e. The minimum absolute atomic E-state index is 0. The molecule has 1 unspecified atom stereocenters. The van der Waals surface area contributed by atoms with E-state index in [1.807, 2.05) is 0 Å². The average molecular weight is 114 g/mol. The molecule has 1 atom stereocenters. The summed E-state index contributed by atoms with van der Waals surface area (Å²) in [7, 11) is 0. The summed E-state index contributed by atoms with van der Waals surface area (Å²) in [4.78, 5) is 2.86. The fourth-order valence-electron chi connectivity index (χ4n) is 0. The lowest BCUT2D eigenvalue weighted by atomic mass is 11.4. The van der Waals surface area contributed by atoms with Crippen LogP contribution >= 0.6 is 9.90 Å². The maximum atomic E-state index is 7.44. The first-order valence-electron chi connectivity index (χ1n) is 0.935. The maximum Gasteiger partial charge on any atom is 0.296 e. The van der Waals surface area contributed by atoms with Crippen LogP contribution in [0.15, 0.2) is 0 Å². The van der Waals surface area contributed by atoms with Crippen LogP contribution in [-0.4, -0.2) is 21.9 Å². The van der Waals surface area contributed by atoms with E-state index in [9.17, 15) is 0 Å². The van der Waals surface area contributed by atoms with Gasteiger partial charge in [-0.15, -0.1) is 0 Å². The molecule has 0 heterocycles. The monoisotopic (exact) mass is 114 g/mol. The summed E-state index contributed by atoms with van der Waals surface area (Å²) in [6.45, 7) is -2.06. The van der Waals surface area contributed by atoms with Gasteiger partial charge in [-0.1, -0.05) is 0 Å². The Bertz CT molecular complexity index is 21.5. The van der Waals surface area contributed by atoms with Crippen molar-refractivity contribution in [3.05, 3.63) is 0 Å². The minimum atomic E-state index is -2.06. The standard InChI is InChI=1S/CH4O4.H3P/c2-1(3)5-4;/h1-4H;1H3.